The maximum absolute atomic E-state index is 13.8. The third-order valence-corrected chi connectivity index (χ3v) is 6.55. The van der Waals surface area contributed by atoms with Gasteiger partial charge in [0.1, 0.15) is 23.7 Å². The van der Waals surface area contributed by atoms with Crippen molar-refractivity contribution in [3.05, 3.63) is 136 Å². The van der Waals surface area contributed by atoms with E-state index in [-0.39, 0.29) is 17.1 Å². The maximum Gasteiger partial charge on any atom is 0.295 e. The van der Waals surface area contributed by atoms with Crippen LogP contribution in [0.25, 0.3) is 11.0 Å². The highest BCUT2D eigenvalue weighted by Gasteiger charge is 2.43. The summed E-state index contributed by atoms with van der Waals surface area (Å²) in [5, 5.41) is 0.437. The Balaban J connectivity index is 1.48. The molecule has 0 saturated carbocycles. The number of hydrogen-bond donors (Lipinski definition) is 0. The second-order valence-corrected chi connectivity index (χ2v) is 8.79. The Morgan fingerprint density at radius 1 is 0.811 bits per heavy atom. The van der Waals surface area contributed by atoms with Gasteiger partial charge in [-0.3, -0.25) is 14.5 Å². The first-order valence-corrected chi connectivity index (χ1v) is 11.9. The topological polar surface area (TPSA) is 69.0 Å². The van der Waals surface area contributed by atoms with Gasteiger partial charge >= 0.3 is 0 Å². The van der Waals surface area contributed by atoms with Crippen LogP contribution in [0.2, 0.25) is 0 Å². The minimum absolute atomic E-state index is 0.0557. The lowest BCUT2D eigenvalue weighted by atomic mass is 9.98. The summed E-state index contributed by atoms with van der Waals surface area (Å²) in [5.41, 5.74) is 2.90. The summed E-state index contributed by atoms with van der Waals surface area (Å²) in [7, 11) is 1.59. The molecular formula is C31H23NO5. The number of nitrogens with zero attached hydrogens (tertiary/aromatic N) is 1. The minimum Gasteiger partial charge on any atom is -0.497 e. The Hall–Kier alpha value is -4.84. The highest BCUT2D eigenvalue weighted by atomic mass is 16.5. The highest BCUT2D eigenvalue weighted by molar-refractivity contribution is 6.10. The Morgan fingerprint density at radius 3 is 2.35 bits per heavy atom. The standard InChI is InChI=1S/C31H23NO5/c1-35-23-16-14-22(15-17-23)32-28(21-10-7-11-24(18-21)36-19-20-8-3-2-4-9-20)27-29(33)25-12-5-6-13-26(25)37-30(27)31(32)34/h2-18,28H,19H2,1H3. The molecule has 1 aliphatic heterocycles. The molecule has 6 nitrogen and oxygen atoms in total. The lowest BCUT2D eigenvalue weighted by molar-refractivity contribution is 0.0971. The van der Waals surface area contributed by atoms with E-state index in [2.05, 4.69) is 0 Å². The molecule has 0 saturated heterocycles. The number of ether oxygens (including phenoxy) is 2. The molecule has 2 heterocycles. The number of hydrogen-bond acceptors (Lipinski definition) is 5. The predicted molar refractivity (Wildman–Crippen MR) is 141 cm³/mol. The fourth-order valence-corrected chi connectivity index (χ4v) is 4.76. The number of rotatable bonds is 6. The molecule has 1 amide bonds. The maximum atomic E-state index is 13.8. The van der Waals surface area contributed by atoms with E-state index in [1.54, 1.807) is 60.5 Å². The lowest BCUT2D eigenvalue weighted by Crippen LogP contribution is -2.29. The second-order valence-electron chi connectivity index (χ2n) is 8.79. The largest absolute Gasteiger partial charge is 0.497 e. The first kappa shape index (κ1) is 22.6. The zero-order chi connectivity index (χ0) is 25.4. The van der Waals surface area contributed by atoms with E-state index in [9.17, 15) is 9.59 Å². The van der Waals surface area contributed by atoms with Crippen LogP contribution in [-0.2, 0) is 6.61 Å². The fourth-order valence-electron chi connectivity index (χ4n) is 4.76. The van der Waals surface area contributed by atoms with Gasteiger partial charge in [-0.2, -0.15) is 0 Å². The van der Waals surface area contributed by atoms with Crippen LogP contribution in [0, 0.1) is 0 Å². The van der Waals surface area contributed by atoms with Crippen LogP contribution < -0.4 is 19.8 Å². The molecule has 1 atom stereocenters. The van der Waals surface area contributed by atoms with Gasteiger partial charge in [0, 0.05) is 5.69 Å². The van der Waals surface area contributed by atoms with E-state index in [1.807, 2.05) is 54.6 Å². The van der Waals surface area contributed by atoms with Crippen molar-refractivity contribution >= 4 is 22.6 Å². The number of amides is 1. The third-order valence-electron chi connectivity index (χ3n) is 6.55. The first-order valence-electron chi connectivity index (χ1n) is 11.9. The summed E-state index contributed by atoms with van der Waals surface area (Å²) >= 11 is 0. The molecule has 0 bridgehead atoms. The predicted octanol–water partition coefficient (Wildman–Crippen LogP) is 6.13. The van der Waals surface area contributed by atoms with Gasteiger partial charge in [-0.05, 0) is 59.7 Å². The number of carbonyl (C=O) groups is 1. The van der Waals surface area contributed by atoms with Crippen molar-refractivity contribution in [1.29, 1.82) is 0 Å². The van der Waals surface area contributed by atoms with Crippen LogP contribution in [0.1, 0.15) is 33.3 Å². The van der Waals surface area contributed by atoms with E-state index >= 15 is 0 Å². The van der Waals surface area contributed by atoms with Crippen molar-refractivity contribution in [2.45, 2.75) is 12.6 Å². The van der Waals surface area contributed by atoms with Crippen molar-refractivity contribution in [2.75, 3.05) is 12.0 Å². The third kappa shape index (κ3) is 4.02. The molecule has 182 valence electrons. The van der Waals surface area contributed by atoms with Gasteiger partial charge in [-0.15, -0.1) is 0 Å². The molecule has 6 heteroatoms. The zero-order valence-electron chi connectivity index (χ0n) is 20.1. The molecule has 0 aliphatic carbocycles. The molecule has 0 spiro atoms. The van der Waals surface area contributed by atoms with Crippen molar-refractivity contribution in [1.82, 2.24) is 0 Å². The van der Waals surface area contributed by atoms with Crippen LogP contribution in [0.15, 0.2) is 112 Å². The number of fused-ring (bicyclic) bond motifs is 2. The summed E-state index contributed by atoms with van der Waals surface area (Å²) in [6.07, 6.45) is 0. The average Bonchev–Trinajstić information content (AvgIpc) is 3.25. The quantitative estimate of drug-likeness (QED) is 0.287. The lowest BCUT2D eigenvalue weighted by Gasteiger charge is -2.25. The molecule has 1 aliphatic rings. The number of methoxy groups -OCH3 is 1. The molecule has 1 unspecified atom stereocenters. The van der Waals surface area contributed by atoms with Crippen molar-refractivity contribution in [2.24, 2.45) is 0 Å². The van der Waals surface area contributed by atoms with Gasteiger partial charge < -0.3 is 13.9 Å². The fraction of sp³-hybridized carbons (Fsp3) is 0.0968. The van der Waals surface area contributed by atoms with Gasteiger partial charge in [0.2, 0.25) is 5.76 Å². The van der Waals surface area contributed by atoms with Crippen molar-refractivity contribution < 1.29 is 18.7 Å². The van der Waals surface area contributed by atoms with Gasteiger partial charge in [0.05, 0.1) is 24.1 Å². The van der Waals surface area contributed by atoms with E-state index in [1.165, 1.54) is 0 Å². The van der Waals surface area contributed by atoms with E-state index in [0.29, 0.717) is 40.3 Å². The average molecular weight is 490 g/mol. The van der Waals surface area contributed by atoms with E-state index in [4.69, 9.17) is 13.9 Å². The Bertz CT molecular complexity index is 1660. The Kier molecular flexibility index (Phi) is 5.69. The SMILES string of the molecule is COc1ccc(N2C(=O)c3oc4ccccc4c(=O)c3C2c2cccc(OCc3ccccc3)c2)cc1. The normalized spacial score (nSPS) is 14.6. The van der Waals surface area contributed by atoms with Gasteiger partial charge in [-0.25, -0.2) is 0 Å². The van der Waals surface area contributed by atoms with Gasteiger partial charge in [0.25, 0.3) is 5.91 Å². The molecule has 1 aromatic heterocycles. The van der Waals surface area contributed by atoms with Gasteiger partial charge in [0.15, 0.2) is 5.43 Å². The van der Waals surface area contributed by atoms with Crippen LogP contribution in [0.4, 0.5) is 5.69 Å². The Labute approximate surface area is 213 Å². The molecule has 0 radical (unpaired) electrons. The zero-order valence-corrected chi connectivity index (χ0v) is 20.1. The summed E-state index contributed by atoms with van der Waals surface area (Å²) in [6.45, 7) is 0.402. The summed E-state index contributed by atoms with van der Waals surface area (Å²) in [5.74, 6) is 0.992. The first-order chi connectivity index (χ1) is 18.1. The second kappa shape index (κ2) is 9.32. The minimum atomic E-state index is -0.683. The van der Waals surface area contributed by atoms with Gasteiger partial charge in [-0.1, -0.05) is 54.6 Å². The van der Waals surface area contributed by atoms with E-state index in [0.717, 1.165) is 11.1 Å². The number of benzene rings is 4. The molecular weight excluding hydrogens is 466 g/mol. The molecule has 0 fully saturated rings. The number of anilines is 1. The molecule has 5 aromatic rings. The smallest absolute Gasteiger partial charge is 0.295 e. The summed E-state index contributed by atoms with van der Waals surface area (Å²) < 4.78 is 17.4. The molecule has 37 heavy (non-hydrogen) atoms. The summed E-state index contributed by atoms with van der Waals surface area (Å²) in [6, 6.07) is 30.9. The van der Waals surface area contributed by atoms with Crippen molar-refractivity contribution in [3.63, 3.8) is 0 Å². The van der Waals surface area contributed by atoms with Crippen LogP contribution in [-0.4, -0.2) is 13.0 Å². The number of carbonyl (C=O) groups excluding carboxylic acids is 1. The number of para-hydroxylation sites is 1. The van der Waals surface area contributed by atoms with Crippen LogP contribution in [0.5, 0.6) is 11.5 Å². The molecule has 6 rings (SSSR count). The van der Waals surface area contributed by atoms with Crippen LogP contribution >= 0.6 is 0 Å². The monoisotopic (exact) mass is 489 g/mol. The van der Waals surface area contributed by atoms with Crippen molar-refractivity contribution in [3.8, 4) is 11.5 Å². The van der Waals surface area contributed by atoms with Crippen LogP contribution in [0.3, 0.4) is 0 Å². The summed E-state index contributed by atoms with van der Waals surface area (Å²) in [4.78, 5) is 29.1. The molecule has 4 aromatic carbocycles. The highest BCUT2D eigenvalue weighted by Crippen LogP contribution is 2.42. The Morgan fingerprint density at radius 2 is 1.57 bits per heavy atom. The van der Waals surface area contributed by atoms with E-state index < -0.39 is 6.04 Å². The molecule has 0 N–H and O–H groups in total.